The monoisotopic (exact) mass is 284 g/mol. The Bertz CT molecular complexity index is 771. The molecule has 0 aliphatic carbocycles. The van der Waals surface area contributed by atoms with Crippen molar-refractivity contribution in [3.63, 3.8) is 0 Å². The van der Waals surface area contributed by atoms with E-state index in [9.17, 15) is 0 Å². The molecule has 2 nitrogen and oxygen atoms in total. The van der Waals surface area contributed by atoms with Gasteiger partial charge in [0.1, 0.15) is 0 Å². The zero-order valence-corrected chi connectivity index (χ0v) is 12.1. The van der Waals surface area contributed by atoms with Crippen molar-refractivity contribution in [1.29, 1.82) is 5.26 Å². The van der Waals surface area contributed by atoms with E-state index < -0.39 is 0 Å². The molecule has 94 valence electrons. The summed E-state index contributed by atoms with van der Waals surface area (Å²) in [5.74, 6) is 0. The van der Waals surface area contributed by atoms with Gasteiger partial charge >= 0.3 is 0 Å². The van der Waals surface area contributed by atoms with E-state index in [-0.39, 0.29) is 5.25 Å². The number of nitrogens with zero attached hydrogens (tertiary/aromatic N) is 2. The van der Waals surface area contributed by atoms with Crippen molar-refractivity contribution >= 4 is 44.1 Å². The van der Waals surface area contributed by atoms with Crippen LogP contribution >= 0.6 is 23.1 Å². The number of rotatable bonds is 3. The average molecular weight is 284 g/mol. The molecule has 0 saturated heterocycles. The molecule has 3 aromatic rings. The Morgan fingerprint density at radius 2 is 2.16 bits per heavy atom. The molecule has 1 unspecified atom stereocenters. The van der Waals surface area contributed by atoms with Crippen molar-refractivity contribution in [2.75, 3.05) is 0 Å². The Kier molecular flexibility index (Phi) is 3.41. The van der Waals surface area contributed by atoms with Crippen LogP contribution in [-0.2, 0) is 0 Å². The van der Waals surface area contributed by atoms with Gasteiger partial charge in [0.25, 0.3) is 0 Å². The highest BCUT2D eigenvalue weighted by Gasteiger charge is 2.11. The maximum absolute atomic E-state index is 8.72. The molecule has 3 rings (SSSR count). The van der Waals surface area contributed by atoms with Crippen LogP contribution in [0.4, 0.5) is 0 Å². The molecule has 0 bridgehead atoms. The lowest BCUT2D eigenvalue weighted by molar-refractivity contribution is 0.988. The highest BCUT2D eigenvalue weighted by atomic mass is 32.2. The van der Waals surface area contributed by atoms with Crippen LogP contribution in [0.3, 0.4) is 0 Å². The van der Waals surface area contributed by atoms with Crippen molar-refractivity contribution in [3.8, 4) is 6.07 Å². The minimum Gasteiger partial charge on any atom is -0.229 e. The molecule has 1 atom stereocenters. The molecule has 1 heterocycles. The van der Waals surface area contributed by atoms with E-state index in [1.54, 1.807) is 23.1 Å². The Morgan fingerprint density at radius 1 is 1.32 bits per heavy atom. The lowest BCUT2D eigenvalue weighted by Crippen LogP contribution is -1.92. The summed E-state index contributed by atoms with van der Waals surface area (Å²) in [5.41, 5.74) is 1.08. The number of hydrogen-bond acceptors (Lipinski definition) is 4. The number of hydrogen-bond donors (Lipinski definition) is 0. The summed E-state index contributed by atoms with van der Waals surface area (Å²) in [6.45, 7) is 2.07. The lowest BCUT2D eigenvalue weighted by Gasteiger charge is -2.01. The molecular weight excluding hydrogens is 272 g/mol. The van der Waals surface area contributed by atoms with E-state index in [1.807, 2.05) is 12.1 Å². The number of benzene rings is 2. The van der Waals surface area contributed by atoms with Gasteiger partial charge in [-0.05, 0) is 11.5 Å². The fourth-order valence-corrected chi connectivity index (χ4v) is 4.35. The summed E-state index contributed by atoms with van der Waals surface area (Å²) in [6.07, 6.45) is 0.557. The molecule has 4 heteroatoms. The van der Waals surface area contributed by atoms with E-state index in [1.165, 1.54) is 15.5 Å². The first-order chi connectivity index (χ1) is 9.28. The van der Waals surface area contributed by atoms with E-state index in [2.05, 4.69) is 37.3 Å². The van der Waals surface area contributed by atoms with Gasteiger partial charge in [-0.15, -0.1) is 11.3 Å². The van der Waals surface area contributed by atoms with Gasteiger partial charge in [0.15, 0.2) is 4.34 Å². The van der Waals surface area contributed by atoms with Gasteiger partial charge < -0.3 is 0 Å². The summed E-state index contributed by atoms with van der Waals surface area (Å²) >= 11 is 3.40. The van der Waals surface area contributed by atoms with Crippen molar-refractivity contribution in [1.82, 2.24) is 4.98 Å². The molecule has 0 spiro atoms. The fraction of sp³-hybridized carbons (Fsp3) is 0.200. The van der Waals surface area contributed by atoms with Crippen LogP contribution in [0.5, 0.6) is 0 Å². The first-order valence-electron chi connectivity index (χ1n) is 6.10. The van der Waals surface area contributed by atoms with E-state index in [0.29, 0.717) is 6.42 Å². The summed E-state index contributed by atoms with van der Waals surface area (Å²) in [5, 5.41) is 11.4. The smallest absolute Gasteiger partial charge is 0.151 e. The standard InChI is InChI=1S/C15H12N2S2/c1-10(8-9-16)18-15-17-14-12-5-3-2-4-11(12)6-7-13(14)19-15/h2-7,10H,8H2,1H3. The summed E-state index contributed by atoms with van der Waals surface area (Å²) in [4.78, 5) is 4.74. The maximum atomic E-state index is 8.72. The second-order valence-corrected chi connectivity index (χ2v) is 7.12. The first kappa shape index (κ1) is 12.5. The summed E-state index contributed by atoms with van der Waals surface area (Å²) in [6, 6.07) is 14.8. The topological polar surface area (TPSA) is 36.7 Å². The number of thiazole rings is 1. The molecule has 0 saturated carbocycles. The fourth-order valence-electron chi connectivity index (χ4n) is 2.03. The van der Waals surface area contributed by atoms with Gasteiger partial charge in [-0.25, -0.2) is 4.98 Å². The van der Waals surface area contributed by atoms with Crippen molar-refractivity contribution in [2.24, 2.45) is 0 Å². The first-order valence-corrected chi connectivity index (χ1v) is 7.79. The molecule has 0 aliphatic heterocycles. The predicted molar refractivity (Wildman–Crippen MR) is 82.7 cm³/mol. The third-order valence-corrected chi connectivity index (χ3v) is 5.16. The number of aromatic nitrogens is 1. The largest absolute Gasteiger partial charge is 0.229 e. The van der Waals surface area contributed by atoms with Crippen molar-refractivity contribution in [3.05, 3.63) is 36.4 Å². The number of fused-ring (bicyclic) bond motifs is 3. The number of nitriles is 1. The minimum absolute atomic E-state index is 0.289. The molecule has 0 aliphatic rings. The van der Waals surface area contributed by atoms with Crippen LogP contribution in [0, 0.1) is 11.3 Å². The van der Waals surface area contributed by atoms with Gasteiger partial charge in [0.2, 0.25) is 0 Å². The van der Waals surface area contributed by atoms with Gasteiger partial charge in [-0.3, -0.25) is 0 Å². The summed E-state index contributed by atoms with van der Waals surface area (Å²) < 4.78 is 2.26. The highest BCUT2D eigenvalue weighted by molar-refractivity contribution is 8.01. The van der Waals surface area contributed by atoms with E-state index >= 15 is 0 Å². The predicted octanol–water partition coefficient (Wildman–Crippen LogP) is 4.84. The molecule has 0 N–H and O–H groups in total. The van der Waals surface area contributed by atoms with E-state index in [0.717, 1.165) is 9.86 Å². The number of thioether (sulfide) groups is 1. The molecular formula is C15H12N2S2. The van der Waals surface area contributed by atoms with Gasteiger partial charge in [-0.1, -0.05) is 49.0 Å². The second-order valence-electron chi connectivity index (χ2n) is 4.40. The Balaban J connectivity index is 2.06. The molecule has 1 aromatic heterocycles. The van der Waals surface area contributed by atoms with Gasteiger partial charge in [-0.2, -0.15) is 5.26 Å². The Hall–Kier alpha value is -1.57. The van der Waals surface area contributed by atoms with Gasteiger partial charge in [0, 0.05) is 17.1 Å². The third kappa shape index (κ3) is 2.44. The highest BCUT2D eigenvalue weighted by Crippen LogP contribution is 2.35. The SMILES string of the molecule is CC(CC#N)Sc1nc2c(ccc3ccccc32)s1. The Morgan fingerprint density at radius 3 is 3.00 bits per heavy atom. The van der Waals surface area contributed by atoms with Crippen molar-refractivity contribution < 1.29 is 0 Å². The maximum Gasteiger partial charge on any atom is 0.151 e. The van der Waals surface area contributed by atoms with Crippen LogP contribution in [0.25, 0.3) is 21.0 Å². The minimum atomic E-state index is 0.289. The third-order valence-electron chi connectivity index (χ3n) is 2.94. The van der Waals surface area contributed by atoms with E-state index in [4.69, 9.17) is 10.2 Å². The van der Waals surface area contributed by atoms with Crippen LogP contribution < -0.4 is 0 Å². The normalized spacial score (nSPS) is 12.6. The molecule has 2 aromatic carbocycles. The van der Waals surface area contributed by atoms with Crippen LogP contribution in [0.1, 0.15) is 13.3 Å². The molecule has 0 radical (unpaired) electrons. The van der Waals surface area contributed by atoms with Crippen LogP contribution in [-0.4, -0.2) is 10.2 Å². The lowest BCUT2D eigenvalue weighted by atomic mass is 10.1. The van der Waals surface area contributed by atoms with Crippen LogP contribution in [0.15, 0.2) is 40.7 Å². The average Bonchev–Trinajstić information content (AvgIpc) is 2.81. The Labute approximate surface area is 120 Å². The molecule has 0 fully saturated rings. The second kappa shape index (κ2) is 5.20. The zero-order chi connectivity index (χ0) is 13.2. The molecule has 0 amide bonds. The van der Waals surface area contributed by atoms with Gasteiger partial charge in [0.05, 0.1) is 16.3 Å². The van der Waals surface area contributed by atoms with Crippen molar-refractivity contribution in [2.45, 2.75) is 22.9 Å². The van der Waals surface area contributed by atoms with Crippen LogP contribution in [0.2, 0.25) is 0 Å². The summed E-state index contributed by atoms with van der Waals surface area (Å²) in [7, 11) is 0. The quantitative estimate of drug-likeness (QED) is 0.645. The molecule has 19 heavy (non-hydrogen) atoms. The zero-order valence-electron chi connectivity index (χ0n) is 10.5.